The average molecular weight is 294 g/mol. The fraction of sp³-hybridized carbons (Fsp3) is 0.0588. The number of benzene rings is 2. The summed E-state index contributed by atoms with van der Waals surface area (Å²) in [6.45, 7) is 1.99. The lowest BCUT2D eigenvalue weighted by atomic mass is 10.1. The number of rotatable bonds is 3. The van der Waals surface area contributed by atoms with Crippen molar-refractivity contribution in [1.29, 1.82) is 0 Å². The lowest BCUT2D eigenvalue weighted by molar-refractivity contribution is 0.461. The van der Waals surface area contributed by atoms with E-state index in [2.05, 4.69) is 4.98 Å². The van der Waals surface area contributed by atoms with E-state index in [0.29, 0.717) is 10.9 Å². The first-order valence-electron chi connectivity index (χ1n) is 6.58. The van der Waals surface area contributed by atoms with E-state index in [9.17, 15) is 0 Å². The Morgan fingerprint density at radius 3 is 2.57 bits per heavy atom. The molecule has 2 N–H and O–H groups in total. The Hall–Kier alpha value is -2.46. The van der Waals surface area contributed by atoms with Crippen LogP contribution in [0.1, 0.15) is 11.1 Å². The zero-order valence-electron chi connectivity index (χ0n) is 11.5. The second kappa shape index (κ2) is 5.50. The highest BCUT2D eigenvalue weighted by Crippen LogP contribution is 2.27. The zero-order valence-corrected chi connectivity index (χ0v) is 12.4. The summed E-state index contributed by atoms with van der Waals surface area (Å²) in [5.74, 6) is 1.26. The highest BCUT2D eigenvalue weighted by Gasteiger charge is 2.10. The van der Waals surface area contributed by atoms with Gasteiger partial charge in [0.2, 0.25) is 5.88 Å². The Labute approximate surface area is 128 Å². The van der Waals surface area contributed by atoms with Crippen molar-refractivity contribution in [3.05, 3.63) is 65.7 Å². The predicted molar refractivity (Wildman–Crippen MR) is 88.9 cm³/mol. The quantitative estimate of drug-likeness (QED) is 0.743. The van der Waals surface area contributed by atoms with Crippen molar-refractivity contribution in [3.8, 4) is 11.6 Å². The van der Waals surface area contributed by atoms with E-state index in [1.165, 1.54) is 0 Å². The van der Waals surface area contributed by atoms with Crippen LogP contribution in [-0.4, -0.2) is 9.97 Å². The highest BCUT2D eigenvalue weighted by molar-refractivity contribution is 7.80. The van der Waals surface area contributed by atoms with Gasteiger partial charge in [-0.3, -0.25) is 0 Å². The lowest BCUT2D eigenvalue weighted by Crippen LogP contribution is -2.10. The van der Waals surface area contributed by atoms with Crippen molar-refractivity contribution in [2.75, 3.05) is 0 Å². The molecule has 104 valence electrons. The number of nitrogens with two attached hydrogens (primary N) is 1. The monoisotopic (exact) mass is 294 g/mol. The van der Waals surface area contributed by atoms with Crippen LogP contribution in [0.4, 0.5) is 0 Å². The third kappa shape index (κ3) is 2.71. The molecule has 0 spiro atoms. The summed E-state index contributed by atoms with van der Waals surface area (Å²) in [7, 11) is 0. The van der Waals surface area contributed by atoms with Crippen LogP contribution in [0.15, 0.2) is 54.6 Å². The minimum absolute atomic E-state index is 0.336. The summed E-state index contributed by atoms with van der Waals surface area (Å²) >= 11 is 5.13. The first-order chi connectivity index (χ1) is 10.1. The Kier molecular flexibility index (Phi) is 3.54. The first kappa shape index (κ1) is 13.5. The van der Waals surface area contributed by atoms with Crippen molar-refractivity contribution >= 4 is 28.1 Å². The largest absolute Gasteiger partial charge is 0.439 e. The van der Waals surface area contributed by atoms with Crippen LogP contribution in [0.2, 0.25) is 0 Å². The van der Waals surface area contributed by atoms with Gasteiger partial charge in [0.05, 0.1) is 5.52 Å². The molecule has 4 heteroatoms. The van der Waals surface area contributed by atoms with Crippen molar-refractivity contribution in [1.82, 2.24) is 4.98 Å². The second-order valence-electron chi connectivity index (χ2n) is 4.76. The van der Waals surface area contributed by atoms with Gasteiger partial charge < -0.3 is 10.5 Å². The van der Waals surface area contributed by atoms with Crippen LogP contribution < -0.4 is 10.5 Å². The molecule has 0 saturated carbocycles. The Bertz CT molecular complexity index is 830. The van der Waals surface area contributed by atoms with E-state index in [4.69, 9.17) is 22.7 Å². The maximum atomic E-state index is 5.88. The third-order valence-corrected chi connectivity index (χ3v) is 3.49. The molecule has 3 aromatic rings. The molecule has 3 rings (SSSR count). The summed E-state index contributed by atoms with van der Waals surface area (Å²) in [6, 6.07) is 17.3. The Morgan fingerprint density at radius 1 is 1.10 bits per heavy atom. The molecule has 0 amide bonds. The smallest absolute Gasteiger partial charge is 0.220 e. The van der Waals surface area contributed by atoms with Gasteiger partial charge in [-0.05, 0) is 24.6 Å². The topological polar surface area (TPSA) is 48.1 Å². The summed E-state index contributed by atoms with van der Waals surface area (Å²) in [5, 5.41) is 0.933. The number of fused-ring (bicyclic) bond motifs is 1. The highest BCUT2D eigenvalue weighted by atomic mass is 32.1. The fourth-order valence-electron chi connectivity index (χ4n) is 2.19. The number of aryl methyl sites for hydroxylation is 1. The molecule has 0 aliphatic carbocycles. The average Bonchev–Trinajstić information content (AvgIpc) is 2.48. The minimum atomic E-state index is 0.336. The number of aromatic nitrogens is 1. The fourth-order valence-corrected chi connectivity index (χ4v) is 2.36. The molecule has 0 unspecified atom stereocenters. The van der Waals surface area contributed by atoms with Gasteiger partial charge in [0, 0.05) is 17.0 Å². The van der Waals surface area contributed by atoms with Gasteiger partial charge in [-0.1, -0.05) is 48.6 Å². The maximum absolute atomic E-state index is 5.88. The molecule has 0 bridgehead atoms. The van der Waals surface area contributed by atoms with Crippen molar-refractivity contribution in [2.45, 2.75) is 6.92 Å². The van der Waals surface area contributed by atoms with Gasteiger partial charge in [0.1, 0.15) is 10.7 Å². The van der Waals surface area contributed by atoms with Gasteiger partial charge in [-0.25, -0.2) is 4.98 Å². The molecule has 0 aliphatic heterocycles. The minimum Gasteiger partial charge on any atom is -0.439 e. The van der Waals surface area contributed by atoms with E-state index >= 15 is 0 Å². The third-order valence-electron chi connectivity index (χ3n) is 3.27. The van der Waals surface area contributed by atoms with Crippen LogP contribution in [-0.2, 0) is 0 Å². The lowest BCUT2D eigenvalue weighted by Gasteiger charge is -2.11. The van der Waals surface area contributed by atoms with E-state index in [0.717, 1.165) is 27.8 Å². The van der Waals surface area contributed by atoms with Crippen LogP contribution >= 0.6 is 12.2 Å². The SMILES string of the molecule is Cc1ccccc1Oc1cc(C(N)=S)c2ccccc2n1. The van der Waals surface area contributed by atoms with Crippen molar-refractivity contribution in [3.63, 3.8) is 0 Å². The van der Waals surface area contributed by atoms with Gasteiger partial charge in [-0.15, -0.1) is 0 Å². The Morgan fingerprint density at radius 2 is 1.81 bits per heavy atom. The van der Waals surface area contributed by atoms with Crippen LogP contribution in [0.5, 0.6) is 11.6 Å². The van der Waals surface area contributed by atoms with Crippen molar-refractivity contribution < 1.29 is 4.74 Å². The molecule has 0 saturated heterocycles. The number of hydrogen-bond donors (Lipinski definition) is 1. The molecule has 0 aliphatic rings. The van der Waals surface area contributed by atoms with Gasteiger partial charge in [0.25, 0.3) is 0 Å². The maximum Gasteiger partial charge on any atom is 0.220 e. The summed E-state index contributed by atoms with van der Waals surface area (Å²) in [5.41, 5.74) is 8.45. The predicted octanol–water partition coefficient (Wildman–Crippen LogP) is 3.97. The molecule has 21 heavy (non-hydrogen) atoms. The number of pyridine rings is 1. The number of hydrogen-bond acceptors (Lipinski definition) is 3. The van der Waals surface area contributed by atoms with Crippen LogP contribution in [0.25, 0.3) is 10.9 Å². The number of para-hydroxylation sites is 2. The zero-order chi connectivity index (χ0) is 14.8. The molecular formula is C17H14N2OS. The number of thiocarbonyl (C=S) groups is 1. The molecule has 3 nitrogen and oxygen atoms in total. The normalized spacial score (nSPS) is 10.5. The molecular weight excluding hydrogens is 280 g/mol. The Balaban J connectivity index is 2.11. The van der Waals surface area contributed by atoms with Gasteiger partial charge >= 0.3 is 0 Å². The summed E-state index contributed by atoms with van der Waals surface area (Å²) in [4.78, 5) is 4.85. The van der Waals surface area contributed by atoms with Gasteiger partial charge in [-0.2, -0.15) is 0 Å². The molecule has 0 atom stereocenters. The molecule has 2 aromatic carbocycles. The van der Waals surface area contributed by atoms with Crippen molar-refractivity contribution in [2.24, 2.45) is 5.73 Å². The molecule has 0 fully saturated rings. The first-order valence-corrected chi connectivity index (χ1v) is 6.99. The van der Waals surface area contributed by atoms with Gasteiger partial charge in [0.15, 0.2) is 0 Å². The van der Waals surface area contributed by atoms with E-state index in [-0.39, 0.29) is 0 Å². The van der Waals surface area contributed by atoms with E-state index in [1.54, 1.807) is 6.07 Å². The van der Waals surface area contributed by atoms with E-state index < -0.39 is 0 Å². The summed E-state index contributed by atoms with van der Waals surface area (Å²) < 4.78 is 5.88. The summed E-state index contributed by atoms with van der Waals surface area (Å²) in [6.07, 6.45) is 0. The molecule has 0 radical (unpaired) electrons. The van der Waals surface area contributed by atoms with E-state index in [1.807, 2.05) is 55.5 Å². The standard InChI is InChI=1S/C17H14N2OS/c1-11-6-2-5-9-15(11)20-16-10-13(17(18)21)12-7-3-4-8-14(12)19-16/h2-10H,1H3,(H2,18,21). The second-order valence-corrected chi connectivity index (χ2v) is 5.20. The number of ether oxygens (including phenoxy) is 1. The molecule has 1 heterocycles. The van der Waals surface area contributed by atoms with Crippen LogP contribution in [0, 0.1) is 6.92 Å². The van der Waals surface area contributed by atoms with Crippen LogP contribution in [0.3, 0.4) is 0 Å². The number of nitrogens with zero attached hydrogens (tertiary/aromatic N) is 1. The molecule has 1 aromatic heterocycles.